The molecular formula is C18H27N3O. The van der Waals surface area contributed by atoms with Gasteiger partial charge in [0.2, 0.25) is 5.91 Å². The first-order valence-electron chi connectivity index (χ1n) is 8.59. The number of nitrogens with two attached hydrogens (primary N) is 1. The first-order valence-corrected chi connectivity index (χ1v) is 8.59. The molecule has 1 saturated carbocycles. The lowest BCUT2D eigenvalue weighted by molar-refractivity contribution is -0.116. The normalized spacial score (nSPS) is 25.0. The van der Waals surface area contributed by atoms with E-state index in [1.807, 2.05) is 24.3 Å². The Bertz CT molecular complexity index is 500. The molecule has 2 fully saturated rings. The summed E-state index contributed by atoms with van der Waals surface area (Å²) in [7, 11) is 0. The van der Waals surface area contributed by atoms with Crippen LogP contribution in [0, 0.1) is 5.92 Å². The van der Waals surface area contributed by atoms with Gasteiger partial charge in [-0.2, -0.15) is 0 Å². The molecule has 3 N–H and O–H groups in total. The number of anilines is 1. The number of nitrogens with one attached hydrogen (secondary N) is 1. The van der Waals surface area contributed by atoms with Gasteiger partial charge < -0.3 is 11.1 Å². The summed E-state index contributed by atoms with van der Waals surface area (Å²) in [4.78, 5) is 14.7. The molecule has 120 valence electrons. The average molecular weight is 301 g/mol. The summed E-state index contributed by atoms with van der Waals surface area (Å²) >= 11 is 0. The minimum atomic E-state index is 0.111. The maximum Gasteiger partial charge on any atom is 0.225 e. The van der Waals surface area contributed by atoms with Gasteiger partial charge in [0.15, 0.2) is 0 Å². The van der Waals surface area contributed by atoms with Crippen LogP contribution in [0.2, 0.25) is 0 Å². The predicted molar refractivity (Wildman–Crippen MR) is 89.5 cm³/mol. The molecule has 1 aliphatic carbocycles. The number of hydrogen-bond acceptors (Lipinski definition) is 3. The molecule has 2 atom stereocenters. The molecule has 1 saturated heterocycles. The van der Waals surface area contributed by atoms with Crippen molar-refractivity contribution in [2.24, 2.45) is 11.7 Å². The van der Waals surface area contributed by atoms with Gasteiger partial charge in [-0.05, 0) is 49.4 Å². The molecule has 2 aliphatic rings. The van der Waals surface area contributed by atoms with Crippen molar-refractivity contribution in [3.63, 3.8) is 0 Å². The number of rotatable bonds is 5. The molecule has 1 heterocycles. The van der Waals surface area contributed by atoms with Crippen molar-refractivity contribution in [3.05, 3.63) is 29.8 Å². The van der Waals surface area contributed by atoms with Crippen LogP contribution in [0.15, 0.2) is 24.3 Å². The molecule has 0 bridgehead atoms. The molecule has 4 nitrogen and oxygen atoms in total. The van der Waals surface area contributed by atoms with E-state index in [0.29, 0.717) is 13.0 Å². The third kappa shape index (κ3) is 3.68. The molecule has 2 unspecified atom stereocenters. The highest BCUT2D eigenvalue weighted by molar-refractivity contribution is 5.90. The number of amides is 1. The lowest BCUT2D eigenvalue weighted by atomic mass is 9.85. The van der Waals surface area contributed by atoms with E-state index >= 15 is 0 Å². The number of hydrogen-bond donors (Lipinski definition) is 2. The van der Waals surface area contributed by atoms with Gasteiger partial charge in [-0.3, -0.25) is 9.69 Å². The summed E-state index contributed by atoms with van der Waals surface area (Å²) in [6, 6.07) is 8.51. The fourth-order valence-electron chi connectivity index (χ4n) is 3.97. The van der Waals surface area contributed by atoms with Gasteiger partial charge >= 0.3 is 0 Å². The van der Waals surface area contributed by atoms with Crippen LogP contribution in [0.3, 0.4) is 0 Å². The summed E-state index contributed by atoms with van der Waals surface area (Å²) < 4.78 is 0. The van der Waals surface area contributed by atoms with E-state index in [1.54, 1.807) is 0 Å². The van der Waals surface area contributed by atoms with Crippen LogP contribution in [-0.4, -0.2) is 29.9 Å². The number of carbonyl (C=O) groups is 1. The second-order valence-electron chi connectivity index (χ2n) is 6.64. The minimum absolute atomic E-state index is 0.111. The van der Waals surface area contributed by atoms with E-state index in [0.717, 1.165) is 29.8 Å². The lowest BCUT2D eigenvalue weighted by Crippen LogP contribution is -2.36. The zero-order valence-corrected chi connectivity index (χ0v) is 13.3. The SMILES string of the molecule is NCc1ccc(NC(=O)CCN2CCC3CCCCC32)cc1. The van der Waals surface area contributed by atoms with Crippen molar-refractivity contribution in [1.29, 1.82) is 0 Å². The smallest absolute Gasteiger partial charge is 0.225 e. The van der Waals surface area contributed by atoms with Crippen LogP contribution in [0.5, 0.6) is 0 Å². The summed E-state index contributed by atoms with van der Waals surface area (Å²) in [5.41, 5.74) is 7.52. The van der Waals surface area contributed by atoms with Gasteiger partial charge in [-0.25, -0.2) is 0 Å². The Morgan fingerprint density at radius 2 is 1.95 bits per heavy atom. The Hall–Kier alpha value is -1.39. The molecule has 0 aromatic heterocycles. The monoisotopic (exact) mass is 301 g/mol. The highest BCUT2D eigenvalue weighted by atomic mass is 16.1. The van der Waals surface area contributed by atoms with Crippen molar-refractivity contribution in [2.45, 2.75) is 51.1 Å². The Labute approximate surface area is 133 Å². The van der Waals surface area contributed by atoms with Crippen LogP contribution in [0.1, 0.15) is 44.1 Å². The van der Waals surface area contributed by atoms with E-state index in [2.05, 4.69) is 10.2 Å². The molecule has 1 aromatic carbocycles. The largest absolute Gasteiger partial charge is 0.326 e. The molecule has 3 rings (SSSR count). The van der Waals surface area contributed by atoms with E-state index < -0.39 is 0 Å². The fourth-order valence-corrected chi connectivity index (χ4v) is 3.97. The fraction of sp³-hybridized carbons (Fsp3) is 0.611. The highest BCUT2D eigenvalue weighted by Crippen LogP contribution is 2.35. The number of likely N-dealkylation sites (tertiary alicyclic amines) is 1. The maximum atomic E-state index is 12.1. The second kappa shape index (κ2) is 7.25. The van der Waals surface area contributed by atoms with Crippen LogP contribution in [0.4, 0.5) is 5.69 Å². The Kier molecular flexibility index (Phi) is 5.11. The van der Waals surface area contributed by atoms with Crippen LogP contribution < -0.4 is 11.1 Å². The van der Waals surface area contributed by atoms with E-state index in [1.165, 1.54) is 38.6 Å². The second-order valence-corrected chi connectivity index (χ2v) is 6.64. The van der Waals surface area contributed by atoms with Gasteiger partial charge in [0, 0.05) is 31.2 Å². The van der Waals surface area contributed by atoms with Gasteiger partial charge in [0.05, 0.1) is 0 Å². The van der Waals surface area contributed by atoms with Crippen molar-refractivity contribution >= 4 is 11.6 Å². The predicted octanol–water partition coefficient (Wildman–Crippen LogP) is 2.74. The topological polar surface area (TPSA) is 58.4 Å². The quantitative estimate of drug-likeness (QED) is 0.879. The van der Waals surface area contributed by atoms with E-state index in [-0.39, 0.29) is 5.91 Å². The van der Waals surface area contributed by atoms with Crippen LogP contribution in [-0.2, 0) is 11.3 Å². The van der Waals surface area contributed by atoms with Crippen molar-refractivity contribution in [3.8, 4) is 0 Å². The van der Waals surface area contributed by atoms with Crippen molar-refractivity contribution in [1.82, 2.24) is 4.90 Å². The molecule has 1 aliphatic heterocycles. The number of carbonyl (C=O) groups excluding carboxylic acids is 1. The van der Waals surface area contributed by atoms with Crippen LogP contribution in [0.25, 0.3) is 0 Å². The number of fused-ring (bicyclic) bond motifs is 1. The Morgan fingerprint density at radius 1 is 1.18 bits per heavy atom. The average Bonchev–Trinajstić information content (AvgIpc) is 2.97. The minimum Gasteiger partial charge on any atom is -0.326 e. The first-order chi connectivity index (χ1) is 10.8. The third-order valence-corrected chi connectivity index (χ3v) is 5.22. The molecule has 0 spiro atoms. The lowest BCUT2D eigenvalue weighted by Gasteiger charge is -2.31. The Balaban J connectivity index is 1.45. The highest BCUT2D eigenvalue weighted by Gasteiger charge is 2.35. The molecule has 22 heavy (non-hydrogen) atoms. The molecular weight excluding hydrogens is 274 g/mol. The van der Waals surface area contributed by atoms with E-state index in [9.17, 15) is 4.79 Å². The summed E-state index contributed by atoms with van der Waals surface area (Å²) in [6.07, 6.45) is 7.38. The summed E-state index contributed by atoms with van der Waals surface area (Å²) in [6.45, 7) is 2.60. The van der Waals surface area contributed by atoms with Crippen LogP contribution >= 0.6 is 0 Å². The maximum absolute atomic E-state index is 12.1. The van der Waals surface area contributed by atoms with Gasteiger partial charge in [-0.15, -0.1) is 0 Å². The summed E-state index contributed by atoms with van der Waals surface area (Å²) in [5, 5.41) is 2.98. The standard InChI is InChI=1S/C18H27N3O/c19-13-14-5-7-16(8-6-14)20-18(22)10-12-21-11-9-15-3-1-2-4-17(15)21/h5-8,15,17H,1-4,9-13,19H2,(H,20,22). The molecule has 1 aromatic rings. The first kappa shape index (κ1) is 15.5. The molecule has 4 heteroatoms. The Morgan fingerprint density at radius 3 is 2.73 bits per heavy atom. The number of benzene rings is 1. The molecule has 0 radical (unpaired) electrons. The number of nitrogens with zero attached hydrogens (tertiary/aromatic N) is 1. The van der Waals surface area contributed by atoms with E-state index in [4.69, 9.17) is 5.73 Å². The van der Waals surface area contributed by atoms with Gasteiger partial charge in [0.25, 0.3) is 0 Å². The van der Waals surface area contributed by atoms with Crippen molar-refractivity contribution < 1.29 is 4.79 Å². The third-order valence-electron chi connectivity index (χ3n) is 5.22. The van der Waals surface area contributed by atoms with Crippen molar-refractivity contribution in [2.75, 3.05) is 18.4 Å². The van der Waals surface area contributed by atoms with Gasteiger partial charge in [-0.1, -0.05) is 25.0 Å². The summed E-state index contributed by atoms with van der Waals surface area (Å²) in [5.74, 6) is 1.00. The zero-order chi connectivity index (χ0) is 15.4. The van der Waals surface area contributed by atoms with Gasteiger partial charge in [0.1, 0.15) is 0 Å². The zero-order valence-electron chi connectivity index (χ0n) is 13.3. The molecule has 1 amide bonds.